The zero-order chi connectivity index (χ0) is 21.8. The molecule has 0 heterocycles. The topological polar surface area (TPSA) is 38.3 Å². The van der Waals surface area contributed by atoms with E-state index in [1.807, 2.05) is 18.2 Å². The molecule has 2 aromatic carbocycles. The van der Waals surface area contributed by atoms with Gasteiger partial charge in [-0.25, -0.2) is 0 Å². The van der Waals surface area contributed by atoms with E-state index in [9.17, 15) is 4.79 Å². The monoisotopic (exact) mass is 457 g/mol. The molecule has 0 bridgehead atoms. The van der Waals surface area contributed by atoms with Crippen molar-refractivity contribution in [3.8, 4) is 0 Å². The average Bonchev–Trinajstić information content (AvgIpc) is 2.78. The second-order valence-electron chi connectivity index (χ2n) is 9.02. The summed E-state index contributed by atoms with van der Waals surface area (Å²) in [6.45, 7) is 2.06. The highest BCUT2D eigenvalue weighted by molar-refractivity contribution is 7.85. The van der Waals surface area contributed by atoms with Gasteiger partial charge in [-0.3, -0.25) is 4.79 Å². The lowest BCUT2D eigenvalue weighted by Crippen LogP contribution is -2.36. The first kappa shape index (κ1) is 22.5. The predicted molar refractivity (Wildman–Crippen MR) is 133 cm³/mol. The fraction of sp³-hybridized carbons (Fsp3) is 0.500. The molecule has 1 amide bonds. The Morgan fingerprint density at radius 3 is 2.35 bits per heavy atom. The number of carbonyl (C=O) groups excluding carboxylic acids is 1. The van der Waals surface area contributed by atoms with E-state index in [0.29, 0.717) is 15.7 Å². The van der Waals surface area contributed by atoms with Crippen LogP contribution in [0.5, 0.6) is 0 Å². The van der Waals surface area contributed by atoms with Crippen LogP contribution in [-0.2, 0) is 9.53 Å². The van der Waals surface area contributed by atoms with Gasteiger partial charge in [-0.2, -0.15) is 0 Å². The van der Waals surface area contributed by atoms with E-state index in [2.05, 4.69) is 24.4 Å². The molecule has 2 aromatic rings. The van der Waals surface area contributed by atoms with E-state index in [-0.39, 0.29) is 18.1 Å². The molecule has 0 aromatic heterocycles. The van der Waals surface area contributed by atoms with Crippen LogP contribution in [0.3, 0.4) is 0 Å². The number of halogens is 1. The number of aryl methyl sites for hydroxylation is 1. The van der Waals surface area contributed by atoms with Crippen molar-refractivity contribution >= 4 is 46.7 Å². The van der Waals surface area contributed by atoms with E-state index in [4.69, 9.17) is 29.0 Å². The van der Waals surface area contributed by atoms with Gasteiger partial charge in [-0.1, -0.05) is 49.4 Å². The van der Waals surface area contributed by atoms with Gasteiger partial charge >= 0.3 is 0 Å². The summed E-state index contributed by atoms with van der Waals surface area (Å²) in [6, 6.07) is 10.3. The molecule has 31 heavy (non-hydrogen) atoms. The van der Waals surface area contributed by atoms with Gasteiger partial charge in [-0.15, -0.1) is 12.6 Å². The van der Waals surface area contributed by atoms with Crippen molar-refractivity contribution in [2.75, 3.05) is 0 Å². The minimum absolute atomic E-state index is 0.128. The van der Waals surface area contributed by atoms with E-state index in [1.54, 1.807) is 0 Å². The Bertz CT molecular complexity index is 975. The van der Waals surface area contributed by atoms with Crippen molar-refractivity contribution in [3.05, 3.63) is 51.4 Å². The number of thiol groups is 1. The highest BCUT2D eigenvalue weighted by Crippen LogP contribution is 2.34. The Balaban J connectivity index is 1.70. The largest absolute Gasteiger partial charge is 0.488 e. The number of hydrogen-bond acceptors (Lipinski definition) is 3. The van der Waals surface area contributed by atoms with Gasteiger partial charge < -0.3 is 10.1 Å². The lowest BCUT2D eigenvalue weighted by molar-refractivity contribution is -0.117. The summed E-state index contributed by atoms with van der Waals surface area (Å²) in [5, 5.41) is 6.05. The van der Waals surface area contributed by atoms with Crippen LogP contribution in [0.1, 0.15) is 75.3 Å². The van der Waals surface area contributed by atoms with Crippen molar-refractivity contribution in [3.63, 3.8) is 0 Å². The zero-order valence-corrected chi connectivity index (χ0v) is 19.9. The molecule has 0 saturated heterocycles. The van der Waals surface area contributed by atoms with Gasteiger partial charge in [0.2, 0.25) is 0 Å². The number of nitrogens with one attached hydrogen (secondary N) is 1. The molecule has 5 heteroatoms. The molecule has 1 N–H and O–H groups in total. The summed E-state index contributed by atoms with van der Waals surface area (Å²) in [5.41, 5.74) is 1.99. The standard InChI is InChI=1S/C26H32ClNO2S/c1-17-14-18-12-13-20(27)15-19(18)16-23(17)24(30-22-10-6-3-7-11-22)25(31)26(29)28-21-8-4-2-5-9-21/h12-16,21-22,31H,2-11H2,1H3,(H,28,29)/b25-24+. The number of hydrogen-bond donors (Lipinski definition) is 2. The van der Waals surface area contributed by atoms with Crippen molar-refractivity contribution < 1.29 is 9.53 Å². The fourth-order valence-corrected chi connectivity index (χ4v) is 5.25. The number of benzene rings is 2. The number of rotatable bonds is 5. The van der Waals surface area contributed by atoms with Crippen LogP contribution in [0.2, 0.25) is 5.02 Å². The van der Waals surface area contributed by atoms with Gasteiger partial charge in [0.15, 0.2) is 0 Å². The van der Waals surface area contributed by atoms with E-state index in [0.717, 1.165) is 47.6 Å². The molecule has 2 fully saturated rings. The summed E-state index contributed by atoms with van der Waals surface area (Å²) in [7, 11) is 0. The average molecular weight is 458 g/mol. The van der Waals surface area contributed by atoms with Gasteiger partial charge in [0.1, 0.15) is 10.7 Å². The maximum absolute atomic E-state index is 13.2. The Morgan fingerprint density at radius 2 is 1.65 bits per heavy atom. The van der Waals surface area contributed by atoms with Crippen LogP contribution < -0.4 is 5.32 Å². The highest BCUT2D eigenvalue weighted by Gasteiger charge is 2.24. The molecule has 2 aliphatic carbocycles. The number of carbonyl (C=O) groups is 1. The maximum atomic E-state index is 13.2. The second-order valence-corrected chi connectivity index (χ2v) is 9.91. The Morgan fingerprint density at radius 1 is 0.968 bits per heavy atom. The minimum atomic E-state index is -0.133. The van der Waals surface area contributed by atoms with Gasteiger partial charge in [0.25, 0.3) is 5.91 Å². The highest BCUT2D eigenvalue weighted by atomic mass is 35.5. The molecule has 0 unspecified atom stereocenters. The van der Waals surface area contributed by atoms with Gasteiger partial charge in [0, 0.05) is 16.6 Å². The molecule has 3 nitrogen and oxygen atoms in total. The molecule has 2 saturated carbocycles. The lowest BCUT2D eigenvalue weighted by Gasteiger charge is -2.27. The molecule has 4 rings (SSSR count). The van der Waals surface area contributed by atoms with Gasteiger partial charge in [0.05, 0.1) is 6.10 Å². The molecule has 0 spiro atoms. The van der Waals surface area contributed by atoms with Crippen LogP contribution in [0, 0.1) is 6.92 Å². The van der Waals surface area contributed by atoms with Crippen molar-refractivity contribution in [1.29, 1.82) is 0 Å². The normalized spacial score (nSPS) is 19.2. The number of fused-ring (bicyclic) bond motifs is 1. The molecule has 2 aliphatic rings. The van der Waals surface area contributed by atoms with Crippen LogP contribution >= 0.6 is 24.2 Å². The zero-order valence-electron chi connectivity index (χ0n) is 18.3. The maximum Gasteiger partial charge on any atom is 0.261 e. The molecule has 0 atom stereocenters. The summed E-state index contributed by atoms with van der Waals surface area (Å²) in [4.78, 5) is 13.5. The Labute approximate surface area is 196 Å². The summed E-state index contributed by atoms with van der Waals surface area (Å²) in [6.07, 6.45) is 11.4. The van der Waals surface area contributed by atoms with Crippen LogP contribution in [0.25, 0.3) is 16.5 Å². The van der Waals surface area contributed by atoms with Crippen molar-refractivity contribution in [2.45, 2.75) is 83.3 Å². The second kappa shape index (κ2) is 10.3. The SMILES string of the molecule is Cc1cc2ccc(Cl)cc2cc1/C(OC1CCCCC1)=C(\S)C(=O)NC1CCCCC1. The first-order chi connectivity index (χ1) is 15.0. The first-order valence-electron chi connectivity index (χ1n) is 11.6. The summed E-state index contributed by atoms with van der Waals surface area (Å²) in [5.74, 6) is 0.467. The third-order valence-electron chi connectivity index (χ3n) is 6.60. The summed E-state index contributed by atoms with van der Waals surface area (Å²) < 4.78 is 6.52. The molecule has 0 radical (unpaired) electrons. The van der Waals surface area contributed by atoms with Crippen molar-refractivity contribution in [2.24, 2.45) is 0 Å². The van der Waals surface area contributed by atoms with Gasteiger partial charge in [-0.05, 0) is 80.0 Å². The molecular weight excluding hydrogens is 426 g/mol. The fourth-order valence-electron chi connectivity index (χ4n) is 4.83. The third-order valence-corrected chi connectivity index (χ3v) is 7.24. The lowest BCUT2D eigenvalue weighted by atomic mass is 9.95. The summed E-state index contributed by atoms with van der Waals surface area (Å²) >= 11 is 11.0. The third kappa shape index (κ3) is 5.59. The molecule has 0 aliphatic heterocycles. The predicted octanol–water partition coefficient (Wildman–Crippen LogP) is 7.20. The van der Waals surface area contributed by atoms with E-state index < -0.39 is 0 Å². The van der Waals surface area contributed by atoms with Crippen LogP contribution in [-0.4, -0.2) is 18.1 Å². The first-order valence-corrected chi connectivity index (χ1v) is 12.4. The Kier molecular flexibility index (Phi) is 7.50. The quantitative estimate of drug-likeness (QED) is 0.283. The molecule has 166 valence electrons. The Hall–Kier alpha value is -1.65. The van der Waals surface area contributed by atoms with Crippen molar-refractivity contribution in [1.82, 2.24) is 5.32 Å². The molecular formula is C26H32ClNO2S. The van der Waals surface area contributed by atoms with E-state index >= 15 is 0 Å². The van der Waals surface area contributed by atoms with Crippen LogP contribution in [0.4, 0.5) is 0 Å². The number of amides is 1. The van der Waals surface area contributed by atoms with E-state index in [1.165, 1.54) is 38.5 Å². The van der Waals surface area contributed by atoms with Crippen LogP contribution in [0.15, 0.2) is 35.2 Å². The smallest absolute Gasteiger partial charge is 0.261 e. The number of ether oxygens (including phenoxy) is 1. The minimum Gasteiger partial charge on any atom is -0.488 e.